The minimum atomic E-state index is -2.04. The van der Waals surface area contributed by atoms with Crippen LogP contribution >= 0.6 is 0 Å². The first kappa shape index (κ1) is 7.14. The van der Waals surface area contributed by atoms with Crippen LogP contribution in [0.1, 0.15) is 0 Å². The zero-order chi connectivity index (χ0) is 6.69. The molecule has 0 aromatic rings. The molecule has 54 valence electrons. The van der Waals surface area contributed by atoms with E-state index in [4.69, 9.17) is 4.74 Å². The van der Waals surface area contributed by atoms with Gasteiger partial charge < -0.3 is 9.29 Å². The number of rotatable bonds is 1. The van der Waals surface area contributed by atoms with Crippen LogP contribution in [0.25, 0.3) is 0 Å². The first-order valence-corrected chi connectivity index (χ1v) is 3.83. The molecule has 0 amide bonds. The molecule has 2 unspecified atom stereocenters. The molecule has 0 spiro atoms. The molecule has 4 nitrogen and oxygen atoms in total. The fourth-order valence-corrected chi connectivity index (χ4v) is 1.13. The van der Waals surface area contributed by atoms with E-state index in [0.717, 1.165) is 0 Å². The van der Waals surface area contributed by atoms with Crippen LogP contribution in [0.3, 0.4) is 0 Å². The van der Waals surface area contributed by atoms with Gasteiger partial charge in [0.2, 0.25) is 0 Å². The summed E-state index contributed by atoms with van der Waals surface area (Å²) in [6.45, 7) is 1.50. The SMILES string of the molecule is O=S([O-])C1COCCN1. The maximum atomic E-state index is 10.2. The molecule has 1 fully saturated rings. The normalized spacial score (nSPS) is 31.9. The van der Waals surface area contributed by atoms with E-state index in [1.165, 1.54) is 0 Å². The second-order valence-electron chi connectivity index (χ2n) is 1.78. The van der Waals surface area contributed by atoms with Crippen LogP contribution in [0.2, 0.25) is 0 Å². The summed E-state index contributed by atoms with van der Waals surface area (Å²) in [5.41, 5.74) is 0. The van der Waals surface area contributed by atoms with Crippen LogP contribution in [-0.4, -0.2) is 33.9 Å². The number of morpholine rings is 1. The fourth-order valence-electron chi connectivity index (χ4n) is 0.665. The molecule has 1 rings (SSSR count). The summed E-state index contributed by atoms with van der Waals surface area (Å²) in [7, 11) is 0. The molecule has 0 aromatic heterocycles. The Labute approximate surface area is 55.9 Å². The van der Waals surface area contributed by atoms with Crippen LogP contribution in [0, 0.1) is 0 Å². The summed E-state index contributed by atoms with van der Waals surface area (Å²) in [4.78, 5) is 0. The van der Waals surface area contributed by atoms with Crippen molar-refractivity contribution in [2.24, 2.45) is 0 Å². The van der Waals surface area contributed by atoms with E-state index in [1.54, 1.807) is 0 Å². The van der Waals surface area contributed by atoms with Crippen molar-refractivity contribution < 1.29 is 13.5 Å². The van der Waals surface area contributed by atoms with Crippen molar-refractivity contribution in [3.05, 3.63) is 0 Å². The van der Waals surface area contributed by atoms with Crippen LogP contribution in [0.15, 0.2) is 0 Å². The molecule has 0 radical (unpaired) electrons. The molecule has 1 saturated heterocycles. The number of hydrogen-bond donors (Lipinski definition) is 1. The van der Waals surface area contributed by atoms with Gasteiger partial charge in [-0.15, -0.1) is 0 Å². The summed E-state index contributed by atoms with van der Waals surface area (Å²) >= 11 is -2.04. The third-order valence-electron chi connectivity index (χ3n) is 1.12. The summed E-state index contributed by atoms with van der Waals surface area (Å²) in [5, 5.41) is 2.28. The Bertz CT molecular complexity index is 112. The molecule has 1 aliphatic rings. The molecular formula is C4H8NO3S-. The summed E-state index contributed by atoms with van der Waals surface area (Å²) < 4.78 is 25.3. The fraction of sp³-hybridized carbons (Fsp3) is 1.00. The minimum absolute atomic E-state index is 0.274. The second-order valence-corrected chi connectivity index (χ2v) is 2.87. The summed E-state index contributed by atoms with van der Waals surface area (Å²) in [6, 6.07) is 0. The Morgan fingerprint density at radius 3 is 2.89 bits per heavy atom. The molecule has 0 bridgehead atoms. The van der Waals surface area contributed by atoms with E-state index in [1.807, 2.05) is 0 Å². The van der Waals surface area contributed by atoms with Gasteiger partial charge in [-0.3, -0.25) is 9.53 Å². The molecule has 0 saturated carbocycles. The Balaban J connectivity index is 2.31. The third-order valence-corrected chi connectivity index (χ3v) is 1.89. The maximum absolute atomic E-state index is 10.2. The summed E-state index contributed by atoms with van der Waals surface area (Å²) in [6.07, 6.45) is 0. The molecule has 0 aromatic carbocycles. The lowest BCUT2D eigenvalue weighted by molar-refractivity contribution is 0.0972. The molecule has 9 heavy (non-hydrogen) atoms. The van der Waals surface area contributed by atoms with Gasteiger partial charge in [0.15, 0.2) is 0 Å². The average molecular weight is 150 g/mol. The predicted octanol–water partition coefficient (Wildman–Crippen LogP) is -1.19. The van der Waals surface area contributed by atoms with Crippen molar-refractivity contribution in [1.29, 1.82) is 0 Å². The highest BCUT2D eigenvalue weighted by Gasteiger charge is 2.11. The van der Waals surface area contributed by atoms with Gasteiger partial charge in [0, 0.05) is 6.54 Å². The molecule has 0 aliphatic carbocycles. The monoisotopic (exact) mass is 150 g/mol. The topological polar surface area (TPSA) is 61.4 Å². The second kappa shape index (κ2) is 3.26. The van der Waals surface area contributed by atoms with Crippen molar-refractivity contribution in [3.8, 4) is 0 Å². The van der Waals surface area contributed by atoms with E-state index in [-0.39, 0.29) is 6.61 Å². The van der Waals surface area contributed by atoms with E-state index < -0.39 is 16.5 Å². The number of hydrogen-bond acceptors (Lipinski definition) is 4. The van der Waals surface area contributed by atoms with Crippen LogP contribution in [0.4, 0.5) is 0 Å². The lowest BCUT2D eigenvalue weighted by atomic mass is 10.5. The van der Waals surface area contributed by atoms with Gasteiger partial charge in [0.1, 0.15) is 0 Å². The van der Waals surface area contributed by atoms with Crippen molar-refractivity contribution in [1.82, 2.24) is 5.32 Å². The molecule has 1 heterocycles. The molecular weight excluding hydrogens is 142 g/mol. The number of nitrogens with one attached hydrogen (secondary N) is 1. The lowest BCUT2D eigenvalue weighted by Crippen LogP contribution is -2.43. The molecule has 1 N–H and O–H groups in total. The van der Waals surface area contributed by atoms with E-state index in [2.05, 4.69) is 5.32 Å². The molecule has 5 heteroatoms. The molecule has 2 atom stereocenters. The lowest BCUT2D eigenvalue weighted by Gasteiger charge is -2.25. The minimum Gasteiger partial charge on any atom is -0.771 e. The van der Waals surface area contributed by atoms with Gasteiger partial charge in [0.05, 0.1) is 18.6 Å². The van der Waals surface area contributed by atoms with Crippen molar-refractivity contribution in [2.45, 2.75) is 5.37 Å². The highest BCUT2D eigenvalue weighted by atomic mass is 32.2. The van der Waals surface area contributed by atoms with E-state index in [9.17, 15) is 8.76 Å². The van der Waals surface area contributed by atoms with Crippen LogP contribution < -0.4 is 5.32 Å². The Morgan fingerprint density at radius 2 is 2.56 bits per heavy atom. The van der Waals surface area contributed by atoms with Gasteiger partial charge in [-0.25, -0.2) is 0 Å². The van der Waals surface area contributed by atoms with Gasteiger partial charge in [0.25, 0.3) is 0 Å². The van der Waals surface area contributed by atoms with E-state index in [0.29, 0.717) is 13.2 Å². The highest BCUT2D eigenvalue weighted by Crippen LogP contribution is 1.94. The summed E-state index contributed by atoms with van der Waals surface area (Å²) in [5.74, 6) is 0. The molecule has 1 aliphatic heterocycles. The first-order valence-electron chi connectivity index (χ1n) is 2.70. The van der Waals surface area contributed by atoms with Gasteiger partial charge in [-0.1, -0.05) is 0 Å². The maximum Gasteiger partial charge on any atom is 0.0939 e. The first-order chi connectivity index (χ1) is 4.30. The van der Waals surface area contributed by atoms with Gasteiger partial charge in [-0.2, -0.15) is 0 Å². The quantitative estimate of drug-likeness (QED) is 0.477. The van der Waals surface area contributed by atoms with Crippen molar-refractivity contribution in [2.75, 3.05) is 19.8 Å². The smallest absolute Gasteiger partial charge is 0.0939 e. The standard InChI is InChI=1S/C4H9NO3S/c6-9(7)4-3-8-2-1-5-4/h4-5H,1-3H2,(H,6,7)/p-1. The zero-order valence-electron chi connectivity index (χ0n) is 4.83. The Morgan fingerprint density at radius 1 is 1.78 bits per heavy atom. The average Bonchev–Trinajstić information content (AvgIpc) is 1.90. The zero-order valence-corrected chi connectivity index (χ0v) is 5.65. The Hall–Kier alpha value is 0.0300. The Kier molecular flexibility index (Phi) is 2.59. The van der Waals surface area contributed by atoms with Crippen molar-refractivity contribution in [3.63, 3.8) is 0 Å². The van der Waals surface area contributed by atoms with Crippen molar-refractivity contribution >= 4 is 11.1 Å². The van der Waals surface area contributed by atoms with Gasteiger partial charge >= 0.3 is 0 Å². The third kappa shape index (κ3) is 2.02. The van der Waals surface area contributed by atoms with E-state index >= 15 is 0 Å². The predicted molar refractivity (Wildman–Crippen MR) is 31.5 cm³/mol. The van der Waals surface area contributed by atoms with Crippen LogP contribution in [-0.2, 0) is 15.8 Å². The number of ether oxygens (including phenoxy) is 1. The largest absolute Gasteiger partial charge is 0.771 e. The highest BCUT2D eigenvalue weighted by molar-refractivity contribution is 7.79. The van der Waals surface area contributed by atoms with Gasteiger partial charge in [-0.05, 0) is 11.1 Å². The van der Waals surface area contributed by atoms with Crippen LogP contribution in [0.5, 0.6) is 0 Å².